The van der Waals surface area contributed by atoms with Gasteiger partial charge < -0.3 is 18.9 Å². The maximum Gasteiger partial charge on any atom is 0.338 e. The van der Waals surface area contributed by atoms with E-state index < -0.39 is 6.10 Å². The predicted molar refractivity (Wildman–Crippen MR) is 97.7 cm³/mol. The van der Waals surface area contributed by atoms with Gasteiger partial charge in [0.25, 0.3) is 0 Å². The minimum Gasteiger partial charge on any atom is -0.461 e. The summed E-state index contributed by atoms with van der Waals surface area (Å²) in [6, 6.07) is 10.2. The summed E-state index contributed by atoms with van der Waals surface area (Å²) < 4.78 is 22.8. The van der Waals surface area contributed by atoms with Crippen LogP contribution in [0.2, 0.25) is 0 Å². The van der Waals surface area contributed by atoms with Gasteiger partial charge in [0.1, 0.15) is 6.10 Å². The Hall–Kier alpha value is -1.43. The smallest absolute Gasteiger partial charge is 0.338 e. The van der Waals surface area contributed by atoms with Crippen LogP contribution < -0.4 is 0 Å². The molecule has 2 fully saturated rings. The lowest BCUT2D eigenvalue weighted by Gasteiger charge is -2.31. The van der Waals surface area contributed by atoms with Crippen molar-refractivity contribution < 1.29 is 23.7 Å². The monoisotopic (exact) mass is 362 g/mol. The first-order valence-electron chi connectivity index (χ1n) is 9.69. The van der Waals surface area contributed by atoms with E-state index >= 15 is 0 Å². The highest BCUT2D eigenvalue weighted by molar-refractivity contribution is 5.76. The van der Waals surface area contributed by atoms with E-state index in [2.05, 4.69) is 19.1 Å². The van der Waals surface area contributed by atoms with Crippen LogP contribution in [0, 0.1) is 5.92 Å². The first-order valence-corrected chi connectivity index (χ1v) is 9.69. The van der Waals surface area contributed by atoms with Crippen molar-refractivity contribution in [3.05, 3.63) is 35.9 Å². The zero-order chi connectivity index (χ0) is 18.5. The highest BCUT2D eigenvalue weighted by Crippen LogP contribution is 2.42. The second-order valence-electron chi connectivity index (χ2n) is 7.54. The molecule has 1 aromatic rings. The molecular formula is C21H30O5. The molecule has 0 unspecified atom stereocenters. The molecule has 2 aliphatic rings. The number of hydrogen-bond acceptors (Lipinski definition) is 5. The Balaban J connectivity index is 1.36. The second-order valence-corrected chi connectivity index (χ2v) is 7.54. The van der Waals surface area contributed by atoms with Gasteiger partial charge in [-0.2, -0.15) is 0 Å². The molecule has 0 amide bonds. The Morgan fingerprint density at radius 1 is 1.12 bits per heavy atom. The van der Waals surface area contributed by atoms with Crippen LogP contribution in [0.3, 0.4) is 0 Å². The Bertz CT molecular complexity index is 573. The molecule has 5 nitrogen and oxygen atoms in total. The molecule has 0 saturated carbocycles. The van der Waals surface area contributed by atoms with Crippen LogP contribution in [0.25, 0.3) is 0 Å². The van der Waals surface area contributed by atoms with E-state index in [-0.39, 0.29) is 30.4 Å². The number of carbonyl (C=O) groups excluding carboxylic acids is 1. The lowest BCUT2D eigenvalue weighted by molar-refractivity contribution is -0.171. The van der Waals surface area contributed by atoms with E-state index in [0.29, 0.717) is 12.5 Å². The minimum absolute atomic E-state index is 0.0394. The fourth-order valence-electron chi connectivity index (χ4n) is 3.54. The van der Waals surface area contributed by atoms with Crippen molar-refractivity contribution in [2.75, 3.05) is 6.61 Å². The molecule has 0 radical (unpaired) electrons. The molecule has 0 N–H and O–H groups in total. The van der Waals surface area contributed by atoms with Crippen LogP contribution in [0.5, 0.6) is 0 Å². The Morgan fingerprint density at radius 3 is 2.62 bits per heavy atom. The molecule has 3 rings (SSSR count). The number of esters is 1. The third-order valence-electron chi connectivity index (χ3n) is 5.01. The zero-order valence-corrected chi connectivity index (χ0v) is 15.9. The number of fused-ring (bicyclic) bond motifs is 1. The molecule has 2 saturated heterocycles. The van der Waals surface area contributed by atoms with Crippen LogP contribution in [0.4, 0.5) is 0 Å². The van der Waals surface area contributed by atoms with Crippen molar-refractivity contribution in [3.63, 3.8) is 0 Å². The van der Waals surface area contributed by atoms with E-state index in [0.717, 1.165) is 25.9 Å². The molecule has 0 aromatic heterocycles. The maximum atomic E-state index is 12.2. The fraction of sp³-hybridized carbons (Fsp3) is 0.667. The number of benzene rings is 1. The summed E-state index contributed by atoms with van der Waals surface area (Å²) in [5.74, 6) is 0.0175. The van der Waals surface area contributed by atoms with Crippen molar-refractivity contribution in [1.82, 2.24) is 0 Å². The molecule has 5 atom stereocenters. The highest BCUT2D eigenvalue weighted by atomic mass is 16.7. The van der Waals surface area contributed by atoms with E-state index in [9.17, 15) is 4.79 Å². The van der Waals surface area contributed by atoms with Crippen LogP contribution in [-0.4, -0.2) is 43.1 Å². The van der Waals surface area contributed by atoms with Gasteiger partial charge in [0.05, 0.1) is 24.9 Å². The lowest BCUT2D eigenvalue weighted by atomic mass is 9.90. The third-order valence-corrected chi connectivity index (χ3v) is 5.01. The summed E-state index contributed by atoms with van der Waals surface area (Å²) in [4.78, 5) is 12.2. The number of epoxide rings is 1. The predicted octanol–water partition coefficient (Wildman–Crippen LogP) is 3.50. The van der Waals surface area contributed by atoms with Gasteiger partial charge >= 0.3 is 5.97 Å². The number of unbranched alkanes of at least 4 members (excludes halogenated alkanes) is 1. The van der Waals surface area contributed by atoms with Gasteiger partial charge in [-0.1, -0.05) is 37.3 Å². The van der Waals surface area contributed by atoms with Crippen LogP contribution in [0.15, 0.2) is 30.3 Å². The molecule has 0 spiro atoms. The summed E-state index contributed by atoms with van der Waals surface area (Å²) in [7, 11) is 0. The van der Waals surface area contributed by atoms with Gasteiger partial charge in [-0.05, 0) is 38.7 Å². The molecule has 1 aromatic carbocycles. The zero-order valence-electron chi connectivity index (χ0n) is 15.9. The molecule has 0 aliphatic carbocycles. The lowest BCUT2D eigenvalue weighted by Crippen LogP contribution is -2.45. The van der Waals surface area contributed by atoms with Gasteiger partial charge in [0.2, 0.25) is 0 Å². The van der Waals surface area contributed by atoms with Gasteiger partial charge in [-0.25, -0.2) is 4.79 Å². The molecule has 2 aliphatic heterocycles. The first kappa shape index (κ1) is 19.3. The Morgan fingerprint density at radius 2 is 1.88 bits per heavy atom. The average Bonchev–Trinajstić information content (AvgIpc) is 3.41. The number of ether oxygens (including phenoxy) is 4. The summed E-state index contributed by atoms with van der Waals surface area (Å²) in [6.07, 6.45) is 2.24. The normalized spacial score (nSPS) is 30.1. The van der Waals surface area contributed by atoms with E-state index in [1.807, 2.05) is 32.0 Å². The van der Waals surface area contributed by atoms with Crippen molar-refractivity contribution in [2.45, 2.75) is 77.2 Å². The Kier molecular flexibility index (Phi) is 6.68. The van der Waals surface area contributed by atoms with Crippen LogP contribution in [-0.2, 0) is 30.3 Å². The number of rotatable bonds is 9. The van der Waals surface area contributed by atoms with Crippen molar-refractivity contribution in [2.24, 2.45) is 5.92 Å². The molecule has 26 heavy (non-hydrogen) atoms. The summed E-state index contributed by atoms with van der Waals surface area (Å²) >= 11 is 0. The minimum atomic E-state index is -0.571. The van der Waals surface area contributed by atoms with E-state index in [1.165, 1.54) is 5.56 Å². The number of hydrogen-bond donors (Lipinski definition) is 0. The van der Waals surface area contributed by atoms with Crippen molar-refractivity contribution in [3.8, 4) is 0 Å². The van der Waals surface area contributed by atoms with Crippen molar-refractivity contribution >= 4 is 5.97 Å². The first-order chi connectivity index (χ1) is 12.6. The van der Waals surface area contributed by atoms with Crippen LogP contribution in [0.1, 0.15) is 45.6 Å². The van der Waals surface area contributed by atoms with Crippen LogP contribution >= 0.6 is 0 Å². The summed E-state index contributed by atoms with van der Waals surface area (Å²) in [5.41, 5.74) is 1.19. The maximum absolute atomic E-state index is 12.2. The van der Waals surface area contributed by atoms with Crippen molar-refractivity contribution in [1.29, 1.82) is 0 Å². The fourth-order valence-corrected chi connectivity index (χ4v) is 3.54. The average molecular weight is 362 g/mol. The second kappa shape index (κ2) is 8.98. The molecule has 2 heterocycles. The van der Waals surface area contributed by atoms with Gasteiger partial charge in [0, 0.05) is 12.5 Å². The standard InChI is InChI=1S/C21H30O5/c1-14(2)24-21(22)20-19-18(26-19)15(3)17(25-20)11-7-8-12-23-13-16-9-5-4-6-10-16/h4-6,9-10,14-15,17-20H,7-8,11-13H2,1-3H3/t15-,17-,18-,19-,20+/m1/s1. The van der Waals surface area contributed by atoms with Gasteiger partial charge in [-0.3, -0.25) is 0 Å². The summed E-state index contributed by atoms with van der Waals surface area (Å²) in [6.45, 7) is 7.23. The topological polar surface area (TPSA) is 57.3 Å². The van der Waals surface area contributed by atoms with Gasteiger partial charge in [-0.15, -0.1) is 0 Å². The molecular weight excluding hydrogens is 332 g/mol. The van der Waals surface area contributed by atoms with E-state index in [1.54, 1.807) is 0 Å². The largest absolute Gasteiger partial charge is 0.461 e. The highest BCUT2D eigenvalue weighted by Gasteiger charge is 2.58. The Labute approximate surface area is 156 Å². The van der Waals surface area contributed by atoms with E-state index in [4.69, 9.17) is 18.9 Å². The quantitative estimate of drug-likeness (QED) is 0.382. The SMILES string of the molecule is CC(C)OC(=O)[C@H]1O[C@H](CCCCOCc2ccccc2)[C@@H](C)[C@H]2O[C@H]21. The molecule has 5 heteroatoms. The molecule has 0 bridgehead atoms. The number of carbonyl (C=O) groups is 1. The molecule has 144 valence electrons. The summed E-state index contributed by atoms with van der Waals surface area (Å²) in [5, 5.41) is 0. The third kappa shape index (κ3) is 5.06. The van der Waals surface area contributed by atoms with Gasteiger partial charge in [0.15, 0.2) is 6.10 Å².